The van der Waals surface area contributed by atoms with Crippen LogP contribution in [0.5, 0.6) is 0 Å². The number of carbonyl (C=O) groups excluding carboxylic acids is 1. The molecule has 0 amide bonds. The average Bonchev–Trinajstić information content (AvgIpc) is 2.66. The Labute approximate surface area is 100 Å². The summed E-state index contributed by atoms with van der Waals surface area (Å²) in [5.74, 6) is 0.254. The normalized spacial score (nSPS) is 23.1. The van der Waals surface area contributed by atoms with Crippen LogP contribution in [-0.2, 0) is 4.79 Å². The topological polar surface area (TPSA) is 17.1 Å². The molecule has 0 N–H and O–H groups in total. The van der Waals surface area contributed by atoms with Gasteiger partial charge in [-0.1, -0.05) is 0 Å². The molecule has 0 aromatic heterocycles. The summed E-state index contributed by atoms with van der Waals surface area (Å²) in [6.45, 7) is 0. The molecule has 1 unspecified atom stereocenters. The van der Waals surface area contributed by atoms with Crippen molar-refractivity contribution in [3.05, 3.63) is 30.3 Å². The number of halogens is 2. The molecule has 2 rings (SSSR count). The molecule has 0 radical (unpaired) electrons. The molecule has 0 spiro atoms. The first-order chi connectivity index (χ1) is 7.12. The summed E-state index contributed by atoms with van der Waals surface area (Å²) in [6, 6.07) is 9.65. The Balaban J connectivity index is 2.30. The van der Waals surface area contributed by atoms with Crippen LogP contribution >= 0.6 is 20.2 Å². The Morgan fingerprint density at radius 1 is 1.20 bits per heavy atom. The molecule has 1 nitrogen and oxygen atoms in total. The van der Waals surface area contributed by atoms with Gasteiger partial charge in [-0.15, -0.1) is 0 Å². The van der Waals surface area contributed by atoms with Gasteiger partial charge in [0, 0.05) is 0 Å². The summed E-state index contributed by atoms with van der Waals surface area (Å²) >= 11 is -2.81. The monoisotopic (exact) mass is 310 g/mol. The molecule has 4 heteroatoms. The molecule has 0 heterocycles. The molecule has 1 fully saturated rings. The third kappa shape index (κ3) is 2.24. The fourth-order valence-electron chi connectivity index (χ4n) is 1.86. The van der Waals surface area contributed by atoms with E-state index in [9.17, 15) is 4.79 Å². The molecule has 1 aromatic rings. The second-order valence-electron chi connectivity index (χ2n) is 3.67. The van der Waals surface area contributed by atoms with Crippen molar-refractivity contribution in [2.45, 2.75) is 24.1 Å². The van der Waals surface area contributed by atoms with Crippen molar-refractivity contribution < 1.29 is 4.79 Å². The van der Waals surface area contributed by atoms with Crippen LogP contribution in [0.1, 0.15) is 19.3 Å². The number of ketones is 1. The zero-order valence-electron chi connectivity index (χ0n) is 8.16. The summed E-state index contributed by atoms with van der Waals surface area (Å²) in [7, 11) is 12.9. The first-order valence-electron chi connectivity index (χ1n) is 4.91. The third-order valence-electron chi connectivity index (χ3n) is 2.66. The van der Waals surface area contributed by atoms with Crippen LogP contribution in [0.4, 0.5) is 0 Å². The van der Waals surface area contributed by atoms with Gasteiger partial charge in [-0.25, -0.2) is 0 Å². The fourth-order valence-corrected chi connectivity index (χ4v) is 8.58. The zero-order valence-corrected chi connectivity index (χ0v) is 11.4. The number of Topliss-reactive ketones (excluding diaryl/α,β-unsaturated/α-hetero) is 1. The summed E-state index contributed by atoms with van der Waals surface area (Å²) in [5.41, 5.74) is 0. The van der Waals surface area contributed by atoms with Crippen LogP contribution in [0.3, 0.4) is 0 Å². The van der Waals surface area contributed by atoms with E-state index in [-0.39, 0.29) is 10.6 Å². The Kier molecular flexibility index (Phi) is 3.42. The maximum atomic E-state index is 11.7. The zero-order chi connectivity index (χ0) is 10.9. The molecule has 0 bridgehead atoms. The first kappa shape index (κ1) is 11.5. The van der Waals surface area contributed by atoms with Crippen molar-refractivity contribution in [2.75, 3.05) is 0 Å². The van der Waals surface area contributed by atoms with E-state index in [2.05, 4.69) is 0 Å². The van der Waals surface area contributed by atoms with E-state index >= 15 is 0 Å². The van der Waals surface area contributed by atoms with E-state index in [0.717, 1.165) is 17.3 Å². The van der Waals surface area contributed by atoms with Crippen molar-refractivity contribution in [3.8, 4) is 0 Å². The summed E-state index contributed by atoms with van der Waals surface area (Å²) in [5, 5.41) is 0. The predicted octanol–water partition coefficient (Wildman–Crippen LogP) is 2.94. The molecule has 1 atom stereocenters. The first-order valence-corrected chi connectivity index (χ1v) is 11.3. The Hall–Kier alpha value is -0.0105. The number of carbonyl (C=O) groups is 1. The molecular formula is C11H12Cl2OSe. The molecule has 0 aliphatic heterocycles. The van der Waals surface area contributed by atoms with Gasteiger partial charge in [0.2, 0.25) is 0 Å². The van der Waals surface area contributed by atoms with Gasteiger partial charge in [-0.3, -0.25) is 0 Å². The summed E-state index contributed by atoms with van der Waals surface area (Å²) < 4.78 is 0.970. The fraction of sp³-hybridized carbons (Fsp3) is 0.364. The van der Waals surface area contributed by atoms with E-state index in [0.29, 0.717) is 6.42 Å². The predicted molar refractivity (Wildman–Crippen MR) is 66.1 cm³/mol. The number of benzene rings is 1. The SMILES string of the molecule is O=C1CCCC1[Se](Cl)(Cl)c1ccccc1. The average molecular weight is 310 g/mol. The second-order valence-corrected chi connectivity index (χ2v) is 13.9. The van der Waals surface area contributed by atoms with Crippen molar-refractivity contribution >= 4 is 41.5 Å². The van der Waals surface area contributed by atoms with Gasteiger partial charge in [0.15, 0.2) is 0 Å². The Morgan fingerprint density at radius 2 is 1.87 bits per heavy atom. The molecular weight excluding hydrogens is 298 g/mol. The van der Waals surface area contributed by atoms with Crippen molar-refractivity contribution in [2.24, 2.45) is 0 Å². The van der Waals surface area contributed by atoms with Crippen LogP contribution in [0.2, 0.25) is 4.82 Å². The second kappa shape index (κ2) is 4.47. The standard InChI is InChI=1S/C11H12Cl2OSe/c12-15(13,9-5-2-1-3-6-9)11-8-4-7-10(11)14/h1-3,5-6,11H,4,7-8H2. The van der Waals surface area contributed by atoms with Crippen molar-refractivity contribution in [3.63, 3.8) is 0 Å². The Morgan fingerprint density at radius 3 is 2.40 bits per heavy atom. The van der Waals surface area contributed by atoms with E-state index < -0.39 is 11.0 Å². The van der Waals surface area contributed by atoms with Gasteiger partial charge in [-0.05, 0) is 0 Å². The van der Waals surface area contributed by atoms with E-state index in [1.807, 2.05) is 30.3 Å². The number of rotatable bonds is 2. The van der Waals surface area contributed by atoms with E-state index in [1.54, 1.807) is 0 Å². The van der Waals surface area contributed by atoms with E-state index in [1.165, 1.54) is 0 Å². The quantitative estimate of drug-likeness (QED) is 0.768. The van der Waals surface area contributed by atoms with Gasteiger partial charge in [0.1, 0.15) is 0 Å². The van der Waals surface area contributed by atoms with Crippen LogP contribution in [0.25, 0.3) is 0 Å². The van der Waals surface area contributed by atoms with Gasteiger partial charge >= 0.3 is 101 Å². The number of hydrogen-bond acceptors (Lipinski definition) is 1. The summed E-state index contributed by atoms with van der Waals surface area (Å²) in [6.07, 6.45) is 2.45. The summed E-state index contributed by atoms with van der Waals surface area (Å²) in [4.78, 5) is 11.6. The maximum absolute atomic E-state index is 11.7. The van der Waals surface area contributed by atoms with E-state index in [4.69, 9.17) is 20.2 Å². The van der Waals surface area contributed by atoms with Crippen LogP contribution in [0, 0.1) is 0 Å². The minimum absolute atomic E-state index is 0.0908. The molecule has 82 valence electrons. The van der Waals surface area contributed by atoms with Gasteiger partial charge in [0.25, 0.3) is 0 Å². The molecule has 1 saturated carbocycles. The van der Waals surface area contributed by atoms with Crippen LogP contribution in [-0.4, -0.2) is 16.8 Å². The van der Waals surface area contributed by atoms with Crippen LogP contribution in [0.15, 0.2) is 30.3 Å². The van der Waals surface area contributed by atoms with Crippen LogP contribution < -0.4 is 4.46 Å². The third-order valence-corrected chi connectivity index (χ3v) is 11.2. The molecule has 1 aliphatic rings. The molecule has 1 aromatic carbocycles. The van der Waals surface area contributed by atoms with Gasteiger partial charge < -0.3 is 0 Å². The van der Waals surface area contributed by atoms with Gasteiger partial charge in [0.05, 0.1) is 0 Å². The Bertz CT molecular complexity index is 364. The molecule has 0 saturated heterocycles. The molecule has 1 aliphatic carbocycles. The molecule has 15 heavy (non-hydrogen) atoms. The van der Waals surface area contributed by atoms with Crippen molar-refractivity contribution in [1.82, 2.24) is 0 Å². The number of hydrogen-bond donors (Lipinski definition) is 0. The van der Waals surface area contributed by atoms with Gasteiger partial charge in [-0.2, -0.15) is 0 Å². The van der Waals surface area contributed by atoms with Crippen molar-refractivity contribution in [1.29, 1.82) is 0 Å². The minimum atomic E-state index is -2.81.